The third kappa shape index (κ3) is 4.45. The highest BCUT2D eigenvalue weighted by atomic mass is 14.6. The summed E-state index contributed by atoms with van der Waals surface area (Å²) in [7, 11) is 0. The Morgan fingerprint density at radius 1 is 0.120 bits per heavy atom. The van der Waals surface area contributed by atoms with Crippen molar-refractivity contribution in [1.82, 2.24) is 0 Å². The Balaban J connectivity index is 0.897. The molecule has 0 saturated carbocycles. The van der Waals surface area contributed by atoms with Crippen LogP contribution in [0, 0.1) is 0 Å². The fraction of sp³-hybridized carbons (Fsp3) is 0.0400. The van der Waals surface area contributed by atoms with E-state index in [1.165, 1.54) is 156 Å². The van der Waals surface area contributed by atoms with Crippen molar-refractivity contribution in [2.24, 2.45) is 0 Å². The minimum absolute atomic E-state index is 0.422. The molecule has 12 aromatic carbocycles. The first-order chi connectivity index (χ1) is 37.3. The van der Waals surface area contributed by atoms with Crippen LogP contribution in [-0.2, 0) is 16.2 Å². The minimum Gasteiger partial charge on any atom is -0.0619 e. The van der Waals surface area contributed by atoms with Crippen molar-refractivity contribution < 1.29 is 0 Å². The standard InChI is InChI=1S/C75H44/c1-9-33-57-45(21-1)46-22-2-10-34-58(46)73(57)61-37-13-5-25-53(61)69-49(29-17-41-65(69)73)51-31-19-43-67-71(51)55-27-7-15-39-63(55)75(67)64-40-16-8-28-56(64)72-52(32-20-44-68(72)75)50-30-18-42-66-70(50)54-26-6-14-38-62(54)74(66)59-35-11-3-23-47(59)48-24-4-12-36-60(48)74/h1-44H. The second kappa shape index (κ2) is 14.0. The Labute approximate surface area is 436 Å². The number of hydrogen-bond acceptors (Lipinski definition) is 0. The summed E-state index contributed by atoms with van der Waals surface area (Å²) in [5.41, 5.74) is 35.9. The highest BCUT2D eigenvalue weighted by Crippen LogP contribution is 2.69. The lowest BCUT2D eigenvalue weighted by atomic mass is 9.69. The molecule has 6 aliphatic carbocycles. The largest absolute Gasteiger partial charge is 0.0725 e. The molecule has 0 N–H and O–H groups in total. The van der Waals surface area contributed by atoms with E-state index in [0.717, 1.165) is 0 Å². The Kier molecular flexibility index (Phi) is 7.51. The van der Waals surface area contributed by atoms with Crippen LogP contribution < -0.4 is 0 Å². The van der Waals surface area contributed by atoms with Gasteiger partial charge in [0, 0.05) is 0 Å². The number of hydrogen-bond donors (Lipinski definition) is 0. The quantitative estimate of drug-likeness (QED) is 0.162. The summed E-state index contributed by atoms with van der Waals surface area (Å²) in [6.45, 7) is 0. The van der Waals surface area contributed by atoms with Gasteiger partial charge in [0.1, 0.15) is 0 Å². The molecule has 12 aromatic rings. The molecule has 3 spiro atoms. The summed E-state index contributed by atoms with van der Waals surface area (Å²) in [5.74, 6) is 0. The molecule has 0 heteroatoms. The van der Waals surface area contributed by atoms with E-state index in [4.69, 9.17) is 0 Å². The Morgan fingerprint density at radius 3 is 0.493 bits per heavy atom. The normalized spacial score (nSPS) is 15.3. The summed E-state index contributed by atoms with van der Waals surface area (Å²) >= 11 is 0. The van der Waals surface area contributed by atoms with Gasteiger partial charge >= 0.3 is 0 Å². The van der Waals surface area contributed by atoms with Crippen molar-refractivity contribution in [3.8, 4) is 89.0 Å². The maximum absolute atomic E-state index is 2.45. The highest BCUT2D eigenvalue weighted by molar-refractivity contribution is 6.09. The van der Waals surface area contributed by atoms with Crippen molar-refractivity contribution in [2.45, 2.75) is 16.2 Å². The van der Waals surface area contributed by atoms with E-state index in [1.807, 2.05) is 0 Å². The van der Waals surface area contributed by atoms with Gasteiger partial charge in [-0.2, -0.15) is 0 Å². The smallest absolute Gasteiger partial charge is 0.0619 e. The van der Waals surface area contributed by atoms with E-state index in [0.29, 0.717) is 0 Å². The zero-order valence-electron chi connectivity index (χ0n) is 40.9. The minimum atomic E-state index is -0.551. The van der Waals surface area contributed by atoms with Crippen molar-refractivity contribution in [3.05, 3.63) is 334 Å². The molecule has 0 bridgehead atoms. The van der Waals surface area contributed by atoms with E-state index in [1.54, 1.807) is 0 Å². The van der Waals surface area contributed by atoms with Gasteiger partial charge < -0.3 is 0 Å². The van der Waals surface area contributed by atoms with Crippen LogP contribution in [0.2, 0.25) is 0 Å². The van der Waals surface area contributed by atoms with Gasteiger partial charge in [-0.3, -0.25) is 0 Å². The molecule has 0 amide bonds. The third-order valence-corrected chi connectivity index (χ3v) is 18.8. The molecule has 0 aromatic heterocycles. The zero-order valence-corrected chi connectivity index (χ0v) is 40.9. The monoisotopic (exact) mass is 944 g/mol. The fourth-order valence-electron chi connectivity index (χ4n) is 16.4. The van der Waals surface area contributed by atoms with Gasteiger partial charge in [0.2, 0.25) is 0 Å². The second-order valence-corrected chi connectivity index (χ2v) is 21.5. The van der Waals surface area contributed by atoms with Crippen LogP contribution in [0.15, 0.2) is 267 Å². The fourth-order valence-corrected chi connectivity index (χ4v) is 16.4. The molecule has 75 heavy (non-hydrogen) atoms. The summed E-state index contributed by atoms with van der Waals surface area (Å²) < 4.78 is 0. The van der Waals surface area contributed by atoms with Crippen LogP contribution >= 0.6 is 0 Å². The van der Waals surface area contributed by atoms with Crippen LogP contribution in [-0.4, -0.2) is 0 Å². The molecule has 0 aliphatic heterocycles. The van der Waals surface area contributed by atoms with Crippen LogP contribution in [0.1, 0.15) is 66.8 Å². The first-order valence-electron chi connectivity index (χ1n) is 26.6. The zero-order chi connectivity index (χ0) is 48.8. The van der Waals surface area contributed by atoms with Gasteiger partial charge in [-0.05, 0) is 156 Å². The van der Waals surface area contributed by atoms with E-state index >= 15 is 0 Å². The molecular weight excluding hydrogens is 901 g/mol. The molecule has 0 unspecified atom stereocenters. The van der Waals surface area contributed by atoms with E-state index in [9.17, 15) is 0 Å². The van der Waals surface area contributed by atoms with Gasteiger partial charge in [-0.15, -0.1) is 0 Å². The number of fused-ring (bicyclic) bond motifs is 30. The molecule has 0 atom stereocenters. The average molecular weight is 945 g/mol. The third-order valence-electron chi connectivity index (χ3n) is 18.8. The van der Waals surface area contributed by atoms with Crippen molar-refractivity contribution in [1.29, 1.82) is 0 Å². The molecule has 18 rings (SSSR count). The lowest BCUT2D eigenvalue weighted by Gasteiger charge is -2.31. The maximum Gasteiger partial charge on any atom is 0.0725 e. The molecule has 0 nitrogen and oxygen atoms in total. The Bertz CT molecular complexity index is 4180. The first kappa shape index (κ1) is 40.2. The van der Waals surface area contributed by atoms with Gasteiger partial charge in [0.15, 0.2) is 0 Å². The lowest BCUT2D eigenvalue weighted by Crippen LogP contribution is -2.26. The number of benzene rings is 12. The van der Waals surface area contributed by atoms with Crippen LogP contribution in [0.3, 0.4) is 0 Å². The summed E-state index contributed by atoms with van der Waals surface area (Å²) in [6.07, 6.45) is 0. The van der Waals surface area contributed by atoms with Crippen molar-refractivity contribution in [3.63, 3.8) is 0 Å². The molecule has 344 valence electrons. The van der Waals surface area contributed by atoms with Gasteiger partial charge in [-0.1, -0.05) is 267 Å². The predicted octanol–water partition coefficient (Wildman–Crippen LogP) is 18.1. The van der Waals surface area contributed by atoms with E-state index < -0.39 is 16.2 Å². The predicted molar refractivity (Wildman–Crippen MR) is 306 cm³/mol. The van der Waals surface area contributed by atoms with Crippen molar-refractivity contribution in [2.75, 3.05) is 0 Å². The van der Waals surface area contributed by atoms with E-state index in [2.05, 4.69) is 267 Å². The van der Waals surface area contributed by atoms with Crippen LogP contribution in [0.5, 0.6) is 0 Å². The van der Waals surface area contributed by atoms with Crippen molar-refractivity contribution >= 4 is 0 Å². The average Bonchev–Trinajstić information content (AvgIpc) is 4.40. The molecule has 6 aliphatic rings. The molecule has 0 heterocycles. The summed E-state index contributed by atoms with van der Waals surface area (Å²) in [5, 5.41) is 0. The molecule has 0 saturated heterocycles. The highest BCUT2D eigenvalue weighted by Gasteiger charge is 2.56. The van der Waals surface area contributed by atoms with Crippen LogP contribution in [0.4, 0.5) is 0 Å². The summed E-state index contributed by atoms with van der Waals surface area (Å²) in [4.78, 5) is 0. The first-order valence-corrected chi connectivity index (χ1v) is 26.6. The van der Waals surface area contributed by atoms with Gasteiger partial charge in [0.05, 0.1) is 16.2 Å². The summed E-state index contributed by atoms with van der Waals surface area (Å²) in [6, 6.07) is 102. The Morgan fingerprint density at radius 2 is 0.267 bits per heavy atom. The van der Waals surface area contributed by atoms with Gasteiger partial charge in [-0.25, -0.2) is 0 Å². The molecule has 0 fully saturated rings. The lowest BCUT2D eigenvalue weighted by molar-refractivity contribution is 0.793. The molecule has 0 radical (unpaired) electrons. The maximum atomic E-state index is 2.45. The topological polar surface area (TPSA) is 0 Å². The van der Waals surface area contributed by atoms with E-state index in [-0.39, 0.29) is 0 Å². The second-order valence-electron chi connectivity index (χ2n) is 21.5. The number of rotatable bonds is 2. The SMILES string of the molecule is c1ccc2c(c1)-c1ccccc1C21c2ccccc2-c2c(-c3cccc4c3-c3ccccc3C43c4ccccc4-c4c(-c5cccc6c5-c5ccccc5C65c6ccccc6-c6ccccc65)cccc43)cccc21. The molecular formula is C75H44. The van der Waals surface area contributed by atoms with Crippen LogP contribution in [0.25, 0.3) is 89.0 Å². The van der Waals surface area contributed by atoms with Gasteiger partial charge in [0.25, 0.3) is 0 Å². The Hall–Kier alpha value is -9.36.